The zero-order chi connectivity index (χ0) is 19.5. The first-order chi connectivity index (χ1) is 13.7. The topological polar surface area (TPSA) is 93.6 Å². The summed E-state index contributed by atoms with van der Waals surface area (Å²) in [5.74, 6) is 0.139. The molecule has 0 radical (unpaired) electrons. The molecule has 1 aromatic carbocycles. The number of aromatic nitrogens is 2. The van der Waals surface area contributed by atoms with Gasteiger partial charge in [-0.15, -0.1) is 0 Å². The number of hydrogen-bond acceptors (Lipinski definition) is 6. The highest BCUT2D eigenvalue weighted by Gasteiger charge is 2.28. The molecule has 4 rings (SSSR count). The maximum absolute atomic E-state index is 11.7. The van der Waals surface area contributed by atoms with Gasteiger partial charge in [0.25, 0.3) is 0 Å². The molecule has 1 aliphatic heterocycles. The number of carbonyl (C=O) groups is 1. The molecule has 2 aromatic rings. The van der Waals surface area contributed by atoms with Gasteiger partial charge in [0.05, 0.1) is 37.4 Å². The average Bonchev–Trinajstić information content (AvgIpc) is 3.55. The van der Waals surface area contributed by atoms with Crippen LogP contribution in [-0.2, 0) is 4.74 Å². The van der Waals surface area contributed by atoms with Gasteiger partial charge in [-0.25, -0.2) is 14.8 Å². The largest absolute Gasteiger partial charge is 0.491 e. The monoisotopic (exact) mass is 381 g/mol. The highest BCUT2D eigenvalue weighted by atomic mass is 16.5. The first kappa shape index (κ1) is 18.4. The van der Waals surface area contributed by atoms with Crippen molar-refractivity contribution in [3.63, 3.8) is 0 Å². The van der Waals surface area contributed by atoms with E-state index in [2.05, 4.69) is 21.4 Å². The summed E-state index contributed by atoms with van der Waals surface area (Å²) in [6, 6.07) is 5.78. The smallest absolute Gasteiger partial charge is 0.358 e. The number of hydrogen-bond donors (Lipinski definition) is 2. The lowest BCUT2D eigenvalue weighted by Gasteiger charge is -2.20. The third-order valence-corrected chi connectivity index (χ3v) is 4.86. The Morgan fingerprint density at radius 3 is 2.93 bits per heavy atom. The summed E-state index contributed by atoms with van der Waals surface area (Å²) < 4.78 is 11.3. The van der Waals surface area contributed by atoms with Crippen LogP contribution < -0.4 is 10.1 Å². The quantitative estimate of drug-likeness (QED) is 0.749. The summed E-state index contributed by atoms with van der Waals surface area (Å²) in [6.45, 7) is 3.67. The normalized spacial score (nSPS) is 16.4. The summed E-state index contributed by atoms with van der Waals surface area (Å²) in [7, 11) is 0. The van der Waals surface area contributed by atoms with Crippen molar-refractivity contribution in [2.45, 2.75) is 32.1 Å². The maximum Gasteiger partial charge on any atom is 0.358 e. The van der Waals surface area contributed by atoms with Crippen molar-refractivity contribution in [2.24, 2.45) is 0 Å². The Bertz CT molecular complexity index is 922. The van der Waals surface area contributed by atoms with E-state index in [4.69, 9.17) is 9.47 Å². The van der Waals surface area contributed by atoms with E-state index in [9.17, 15) is 9.90 Å². The summed E-state index contributed by atoms with van der Waals surface area (Å²) in [5, 5.41) is 12.7. The number of para-hydroxylation sites is 1. The van der Waals surface area contributed by atoms with E-state index in [0.29, 0.717) is 37.2 Å². The van der Waals surface area contributed by atoms with Crippen LogP contribution in [0.15, 0.2) is 30.5 Å². The molecule has 7 nitrogen and oxygen atoms in total. The molecule has 1 aromatic heterocycles. The minimum absolute atomic E-state index is 0.0671. The van der Waals surface area contributed by atoms with E-state index in [1.165, 1.54) is 0 Å². The molecule has 1 aliphatic carbocycles. The van der Waals surface area contributed by atoms with Gasteiger partial charge in [-0.1, -0.05) is 18.2 Å². The second-order valence-corrected chi connectivity index (χ2v) is 6.87. The van der Waals surface area contributed by atoms with Crippen LogP contribution in [0.4, 0.5) is 11.5 Å². The van der Waals surface area contributed by atoms with Crippen LogP contribution in [0, 0.1) is 0 Å². The van der Waals surface area contributed by atoms with Crippen molar-refractivity contribution in [1.82, 2.24) is 9.97 Å². The molecule has 0 atom stereocenters. The first-order valence-corrected chi connectivity index (χ1v) is 9.57. The molecule has 7 heteroatoms. The van der Waals surface area contributed by atoms with Crippen LogP contribution >= 0.6 is 0 Å². The van der Waals surface area contributed by atoms with Crippen molar-refractivity contribution < 1.29 is 19.4 Å². The summed E-state index contributed by atoms with van der Waals surface area (Å²) in [4.78, 5) is 20.4. The van der Waals surface area contributed by atoms with E-state index in [1.807, 2.05) is 25.1 Å². The molecular formula is C21H23N3O4. The molecule has 2 N–H and O–H groups in total. The third kappa shape index (κ3) is 3.84. The zero-order valence-corrected chi connectivity index (χ0v) is 15.8. The van der Waals surface area contributed by atoms with Gasteiger partial charge in [-0.3, -0.25) is 0 Å². The standard InChI is InChI=1S/C21H23N3O4/c1-2-28-19-15(13-8-10-27-11-9-13)4-3-5-16(19)24-20-18(21(25)26)23-17(12-22-20)14-6-7-14/h3-5,8,12,14H,2,6-7,9-11H2,1H3,(H,22,24)(H,25,26). The van der Waals surface area contributed by atoms with Crippen LogP contribution in [0.25, 0.3) is 5.57 Å². The van der Waals surface area contributed by atoms with Gasteiger partial charge in [0.15, 0.2) is 11.5 Å². The highest BCUT2D eigenvalue weighted by molar-refractivity contribution is 5.92. The van der Waals surface area contributed by atoms with Gasteiger partial charge in [0.1, 0.15) is 5.75 Å². The number of aromatic carboxylic acids is 1. The Hall–Kier alpha value is -2.93. The second kappa shape index (κ2) is 7.98. The van der Waals surface area contributed by atoms with Crippen LogP contribution in [0.1, 0.15) is 53.8 Å². The van der Waals surface area contributed by atoms with Crippen molar-refractivity contribution in [3.8, 4) is 5.75 Å². The van der Waals surface area contributed by atoms with Crippen LogP contribution in [-0.4, -0.2) is 40.9 Å². The van der Waals surface area contributed by atoms with Crippen molar-refractivity contribution in [2.75, 3.05) is 25.1 Å². The van der Waals surface area contributed by atoms with Crippen molar-refractivity contribution in [1.29, 1.82) is 0 Å². The lowest BCUT2D eigenvalue weighted by molar-refractivity contribution is 0.0691. The van der Waals surface area contributed by atoms with Gasteiger partial charge in [0.2, 0.25) is 0 Å². The number of nitrogens with one attached hydrogen (secondary N) is 1. The molecule has 0 amide bonds. The Kier molecular flexibility index (Phi) is 5.25. The summed E-state index contributed by atoms with van der Waals surface area (Å²) in [6.07, 6.45) is 6.60. The zero-order valence-electron chi connectivity index (χ0n) is 15.8. The minimum atomic E-state index is -1.10. The Labute approximate surface area is 163 Å². The van der Waals surface area contributed by atoms with Gasteiger partial charge in [-0.2, -0.15) is 0 Å². The molecule has 1 fully saturated rings. The SMILES string of the molecule is CCOc1c(Nc2ncc(C3CC3)nc2C(=O)O)cccc1C1=CCOCC1. The highest BCUT2D eigenvalue weighted by Crippen LogP contribution is 2.40. The number of benzene rings is 1. The van der Waals surface area contributed by atoms with E-state index in [0.717, 1.165) is 36.1 Å². The lowest BCUT2D eigenvalue weighted by Crippen LogP contribution is -2.11. The fourth-order valence-electron chi connectivity index (χ4n) is 3.31. The molecule has 0 spiro atoms. The van der Waals surface area contributed by atoms with Crippen LogP contribution in [0.5, 0.6) is 5.75 Å². The Morgan fingerprint density at radius 1 is 1.39 bits per heavy atom. The number of ether oxygens (including phenoxy) is 2. The molecule has 28 heavy (non-hydrogen) atoms. The third-order valence-electron chi connectivity index (χ3n) is 4.86. The van der Waals surface area contributed by atoms with Gasteiger partial charge in [-0.05, 0) is 37.8 Å². The number of rotatable bonds is 7. The predicted octanol–water partition coefficient (Wildman–Crippen LogP) is 4.00. The molecule has 0 bridgehead atoms. The number of nitrogens with zero attached hydrogens (tertiary/aromatic N) is 2. The van der Waals surface area contributed by atoms with Gasteiger partial charge in [0, 0.05) is 11.5 Å². The fourth-order valence-corrected chi connectivity index (χ4v) is 3.31. The van der Waals surface area contributed by atoms with Crippen molar-refractivity contribution in [3.05, 3.63) is 47.4 Å². The molecule has 0 unspecified atom stereocenters. The fraction of sp³-hybridized carbons (Fsp3) is 0.381. The maximum atomic E-state index is 11.7. The lowest BCUT2D eigenvalue weighted by atomic mass is 9.99. The molecule has 2 heterocycles. The number of carboxylic acids is 1. The van der Waals surface area contributed by atoms with E-state index >= 15 is 0 Å². The number of carboxylic acid groups (broad SMARTS) is 1. The molecular weight excluding hydrogens is 358 g/mol. The molecule has 2 aliphatic rings. The predicted molar refractivity (Wildman–Crippen MR) is 105 cm³/mol. The first-order valence-electron chi connectivity index (χ1n) is 9.57. The Balaban J connectivity index is 1.71. The van der Waals surface area contributed by atoms with Gasteiger partial charge < -0.3 is 19.9 Å². The summed E-state index contributed by atoms with van der Waals surface area (Å²) >= 11 is 0. The molecule has 146 valence electrons. The van der Waals surface area contributed by atoms with Crippen LogP contribution in [0.2, 0.25) is 0 Å². The Morgan fingerprint density at radius 2 is 2.25 bits per heavy atom. The van der Waals surface area contributed by atoms with E-state index in [1.54, 1.807) is 6.20 Å². The minimum Gasteiger partial charge on any atom is -0.491 e. The number of anilines is 2. The average molecular weight is 381 g/mol. The van der Waals surface area contributed by atoms with E-state index < -0.39 is 5.97 Å². The summed E-state index contributed by atoms with van der Waals surface area (Å²) in [5.41, 5.74) is 3.49. The molecule has 0 saturated heterocycles. The van der Waals surface area contributed by atoms with Crippen LogP contribution in [0.3, 0.4) is 0 Å². The van der Waals surface area contributed by atoms with Gasteiger partial charge >= 0.3 is 5.97 Å². The second-order valence-electron chi connectivity index (χ2n) is 6.87. The van der Waals surface area contributed by atoms with Crippen molar-refractivity contribution >= 4 is 23.0 Å². The van der Waals surface area contributed by atoms with E-state index in [-0.39, 0.29) is 11.5 Å². The molecule has 1 saturated carbocycles.